The third-order valence-electron chi connectivity index (χ3n) is 1.72. The molecule has 1 aromatic rings. The van der Waals surface area contributed by atoms with E-state index in [1.165, 1.54) is 0 Å². The van der Waals surface area contributed by atoms with Gasteiger partial charge < -0.3 is 4.84 Å². The topological polar surface area (TPSA) is 81.8 Å². The Morgan fingerprint density at radius 3 is 2.53 bits per heavy atom. The summed E-state index contributed by atoms with van der Waals surface area (Å²) in [6.07, 6.45) is 0. The van der Waals surface area contributed by atoms with Crippen LogP contribution in [0.3, 0.4) is 0 Å². The molecule has 0 radical (unpaired) electrons. The van der Waals surface area contributed by atoms with E-state index in [9.17, 15) is 15.0 Å². The number of benzene rings is 1. The molecule has 0 spiro atoms. The summed E-state index contributed by atoms with van der Waals surface area (Å²) < 4.78 is 0. The van der Waals surface area contributed by atoms with Crippen molar-refractivity contribution in [1.82, 2.24) is 0 Å². The van der Waals surface area contributed by atoms with Gasteiger partial charge in [-0.1, -0.05) is 28.9 Å². The zero-order valence-corrected chi connectivity index (χ0v) is 8.26. The highest BCUT2D eigenvalue weighted by atomic mass is 35.5. The van der Waals surface area contributed by atoms with E-state index < -0.39 is 17.7 Å². The zero-order valence-electron chi connectivity index (χ0n) is 7.50. The summed E-state index contributed by atoms with van der Waals surface area (Å²) in [4.78, 5) is 24.4. The second-order valence-electron chi connectivity index (χ2n) is 2.69. The van der Waals surface area contributed by atoms with Crippen molar-refractivity contribution in [3.8, 4) is 0 Å². The number of hydrogen-bond acceptors (Lipinski definition) is 5. The van der Waals surface area contributed by atoms with Crippen LogP contribution in [0.25, 0.3) is 0 Å². The normalized spacial score (nSPS) is 11.8. The molecule has 0 bridgehead atoms. The van der Waals surface area contributed by atoms with Crippen LogP contribution in [0, 0.1) is 15.0 Å². The Kier molecular flexibility index (Phi) is 3.99. The van der Waals surface area contributed by atoms with Crippen LogP contribution in [-0.2, 0) is 4.84 Å². The van der Waals surface area contributed by atoms with Gasteiger partial charge in [0.15, 0.2) is 0 Å². The van der Waals surface area contributed by atoms with Crippen LogP contribution in [0.2, 0.25) is 5.02 Å². The van der Waals surface area contributed by atoms with Gasteiger partial charge in [0.2, 0.25) is 0 Å². The van der Waals surface area contributed by atoms with Gasteiger partial charge in [0.1, 0.15) is 12.6 Å². The zero-order chi connectivity index (χ0) is 11.3. The third-order valence-corrected chi connectivity index (χ3v) is 1.97. The second kappa shape index (κ2) is 5.26. The molecule has 0 amide bonds. The Morgan fingerprint density at radius 2 is 2.07 bits per heavy atom. The molecule has 0 heterocycles. The summed E-state index contributed by atoms with van der Waals surface area (Å²) in [5, 5.41) is 12.2. The number of nitrogens with zero attached hydrogens (tertiary/aromatic N) is 2. The minimum Gasteiger partial charge on any atom is -0.311 e. The van der Waals surface area contributed by atoms with Gasteiger partial charge in [-0.2, -0.15) is 4.91 Å². The smallest absolute Gasteiger partial charge is 0.294 e. The molecule has 6 nitrogen and oxygen atoms in total. The average molecular weight is 231 g/mol. The summed E-state index contributed by atoms with van der Waals surface area (Å²) in [7, 11) is 0. The minimum absolute atomic E-state index is 0.391. The van der Waals surface area contributed by atoms with E-state index in [0.29, 0.717) is 10.6 Å². The quantitative estimate of drug-likeness (QED) is 0.442. The molecule has 1 rings (SSSR count). The first-order chi connectivity index (χ1) is 7.13. The van der Waals surface area contributed by atoms with E-state index in [1.54, 1.807) is 24.3 Å². The maximum absolute atomic E-state index is 10.4. The SMILES string of the molecule is O=NC(CO[N+](=O)[O-])c1ccc(Cl)cc1. The molecule has 1 aromatic carbocycles. The molecular formula is C8H7ClN2O4. The molecule has 0 fully saturated rings. The Morgan fingerprint density at radius 1 is 1.47 bits per heavy atom. The van der Waals surface area contributed by atoms with Crippen LogP contribution in [0.15, 0.2) is 29.4 Å². The lowest BCUT2D eigenvalue weighted by Crippen LogP contribution is -2.09. The largest absolute Gasteiger partial charge is 0.311 e. The summed E-state index contributed by atoms with van der Waals surface area (Å²) in [5.41, 5.74) is 0.524. The predicted molar refractivity (Wildman–Crippen MR) is 52.9 cm³/mol. The summed E-state index contributed by atoms with van der Waals surface area (Å²) >= 11 is 5.64. The fourth-order valence-electron chi connectivity index (χ4n) is 1.00. The molecule has 0 N–H and O–H groups in total. The molecule has 80 valence electrons. The van der Waals surface area contributed by atoms with Crippen LogP contribution < -0.4 is 0 Å². The summed E-state index contributed by atoms with van der Waals surface area (Å²) in [6.45, 7) is -0.391. The van der Waals surface area contributed by atoms with Gasteiger partial charge in [-0.05, 0) is 17.7 Å². The molecule has 0 saturated heterocycles. The van der Waals surface area contributed by atoms with Gasteiger partial charge in [0.25, 0.3) is 5.09 Å². The molecule has 0 aliphatic carbocycles. The Bertz CT molecular complexity index is 354. The molecule has 15 heavy (non-hydrogen) atoms. The van der Waals surface area contributed by atoms with Gasteiger partial charge in [0.05, 0.1) is 0 Å². The van der Waals surface area contributed by atoms with Crippen molar-refractivity contribution < 1.29 is 9.92 Å². The molecule has 0 aromatic heterocycles. The van der Waals surface area contributed by atoms with Gasteiger partial charge in [-0.15, -0.1) is 10.1 Å². The summed E-state index contributed by atoms with van der Waals surface area (Å²) in [5.74, 6) is 0. The van der Waals surface area contributed by atoms with E-state index in [2.05, 4.69) is 10.0 Å². The highest BCUT2D eigenvalue weighted by Gasteiger charge is 2.13. The third kappa shape index (κ3) is 3.51. The van der Waals surface area contributed by atoms with Crippen molar-refractivity contribution in [2.45, 2.75) is 6.04 Å². The van der Waals surface area contributed by atoms with E-state index in [0.717, 1.165) is 0 Å². The van der Waals surface area contributed by atoms with Crippen LogP contribution in [0.5, 0.6) is 0 Å². The monoisotopic (exact) mass is 230 g/mol. The van der Waals surface area contributed by atoms with E-state index in [-0.39, 0.29) is 0 Å². The van der Waals surface area contributed by atoms with Crippen LogP contribution in [0.1, 0.15) is 11.6 Å². The van der Waals surface area contributed by atoms with Crippen molar-refractivity contribution >= 4 is 11.6 Å². The first-order valence-electron chi connectivity index (χ1n) is 3.98. The molecular weight excluding hydrogens is 224 g/mol. The number of rotatable bonds is 5. The molecule has 0 aliphatic rings. The lowest BCUT2D eigenvalue weighted by atomic mass is 10.1. The predicted octanol–water partition coefficient (Wildman–Crippen LogP) is 2.36. The van der Waals surface area contributed by atoms with Gasteiger partial charge in [-0.3, -0.25) is 0 Å². The molecule has 0 aliphatic heterocycles. The van der Waals surface area contributed by atoms with Crippen LogP contribution in [-0.4, -0.2) is 11.7 Å². The van der Waals surface area contributed by atoms with Crippen molar-refractivity contribution in [3.63, 3.8) is 0 Å². The first-order valence-corrected chi connectivity index (χ1v) is 4.36. The number of hydrogen-bond donors (Lipinski definition) is 0. The molecule has 7 heteroatoms. The number of halogens is 1. The summed E-state index contributed by atoms with van der Waals surface area (Å²) in [6, 6.07) is 5.38. The van der Waals surface area contributed by atoms with Crippen molar-refractivity contribution in [1.29, 1.82) is 0 Å². The van der Waals surface area contributed by atoms with Crippen molar-refractivity contribution in [2.75, 3.05) is 6.61 Å². The van der Waals surface area contributed by atoms with Crippen LogP contribution >= 0.6 is 11.6 Å². The standard InChI is InChI=1S/C8H7ClN2O4/c9-7-3-1-6(2-4-7)8(10-12)5-15-11(13)14/h1-4,8H,5H2. The van der Waals surface area contributed by atoms with Crippen LogP contribution in [0.4, 0.5) is 0 Å². The lowest BCUT2D eigenvalue weighted by molar-refractivity contribution is -0.758. The highest BCUT2D eigenvalue weighted by Crippen LogP contribution is 2.19. The second-order valence-corrected chi connectivity index (χ2v) is 3.13. The van der Waals surface area contributed by atoms with E-state index >= 15 is 0 Å². The number of nitroso groups, excluding NO2 is 1. The minimum atomic E-state index is -0.964. The maximum Gasteiger partial charge on any atom is 0.294 e. The van der Waals surface area contributed by atoms with E-state index in [4.69, 9.17) is 11.6 Å². The maximum atomic E-state index is 10.4. The molecule has 1 atom stereocenters. The lowest BCUT2D eigenvalue weighted by Gasteiger charge is -2.07. The first kappa shape index (κ1) is 11.4. The Hall–Kier alpha value is -1.69. The van der Waals surface area contributed by atoms with E-state index in [1.807, 2.05) is 0 Å². The Balaban J connectivity index is 2.69. The average Bonchev–Trinajstić information content (AvgIpc) is 2.21. The van der Waals surface area contributed by atoms with Gasteiger partial charge in [-0.25, -0.2) is 0 Å². The highest BCUT2D eigenvalue weighted by molar-refractivity contribution is 6.30. The fourth-order valence-corrected chi connectivity index (χ4v) is 1.13. The van der Waals surface area contributed by atoms with Crippen molar-refractivity contribution in [3.05, 3.63) is 49.9 Å². The fraction of sp³-hybridized carbons (Fsp3) is 0.250. The molecule has 0 saturated carbocycles. The van der Waals surface area contributed by atoms with Gasteiger partial charge >= 0.3 is 0 Å². The van der Waals surface area contributed by atoms with Gasteiger partial charge in [0, 0.05) is 5.02 Å². The molecule has 1 unspecified atom stereocenters. The van der Waals surface area contributed by atoms with Crippen molar-refractivity contribution in [2.24, 2.45) is 5.18 Å². The Labute approximate surface area is 89.9 Å².